The number of anilines is 1. The van der Waals surface area contributed by atoms with Crippen molar-refractivity contribution in [1.29, 1.82) is 0 Å². The van der Waals surface area contributed by atoms with Gasteiger partial charge in [-0.15, -0.1) is 0 Å². The van der Waals surface area contributed by atoms with E-state index in [0.717, 1.165) is 11.9 Å². The second kappa shape index (κ2) is 5.50. The van der Waals surface area contributed by atoms with Crippen LogP contribution in [-0.2, 0) is 14.1 Å². The van der Waals surface area contributed by atoms with Crippen molar-refractivity contribution in [2.24, 2.45) is 11.8 Å². The molecule has 6 heteroatoms. The summed E-state index contributed by atoms with van der Waals surface area (Å²) in [5.41, 5.74) is 0.591. The van der Waals surface area contributed by atoms with Gasteiger partial charge in [0.05, 0.1) is 11.2 Å². The smallest absolute Gasteiger partial charge is 0.399 e. The van der Waals surface area contributed by atoms with Crippen LogP contribution in [0.25, 0.3) is 0 Å². The molecule has 1 N–H and O–H groups in total. The average Bonchev–Trinajstić information content (AvgIpc) is 3.11. The molecular weight excluding hydrogens is 312 g/mol. The highest BCUT2D eigenvalue weighted by atomic mass is 35.5. The van der Waals surface area contributed by atoms with Gasteiger partial charge in [-0.1, -0.05) is 18.5 Å². The zero-order valence-electron chi connectivity index (χ0n) is 14.3. The lowest BCUT2D eigenvalue weighted by atomic mass is 9.77. The molecule has 2 unspecified atom stereocenters. The number of amides is 1. The minimum Gasteiger partial charge on any atom is -0.399 e. The molecule has 1 amide bonds. The number of carbonyl (C=O) groups excluding carboxylic acids is 1. The van der Waals surface area contributed by atoms with E-state index < -0.39 is 18.3 Å². The van der Waals surface area contributed by atoms with Crippen LogP contribution in [0, 0.1) is 11.8 Å². The standard InChI is InChI=1S/C17H23BClNO3/c1-10-8-12(10)15(21)20-14-7-6-11(19)9-13(14)18-22-16(2,3)17(4,5)23-18/h6-7,9-10,12H,8H2,1-5H3,(H,20,21). The monoisotopic (exact) mass is 335 g/mol. The molecule has 1 aliphatic carbocycles. The first-order valence-electron chi connectivity index (χ1n) is 8.07. The van der Waals surface area contributed by atoms with E-state index in [9.17, 15) is 4.79 Å². The Kier molecular flexibility index (Phi) is 4.02. The summed E-state index contributed by atoms with van der Waals surface area (Å²) in [6.07, 6.45) is 0.950. The second-order valence-corrected chi connectivity index (χ2v) is 8.06. The fourth-order valence-corrected chi connectivity index (χ4v) is 2.91. The Morgan fingerprint density at radius 3 is 2.35 bits per heavy atom. The van der Waals surface area contributed by atoms with Crippen molar-refractivity contribution >= 4 is 35.8 Å². The summed E-state index contributed by atoms with van der Waals surface area (Å²) in [5, 5.41) is 3.59. The van der Waals surface area contributed by atoms with Crippen LogP contribution >= 0.6 is 11.6 Å². The normalized spacial score (nSPS) is 27.8. The maximum atomic E-state index is 12.3. The van der Waals surface area contributed by atoms with Crippen molar-refractivity contribution < 1.29 is 14.1 Å². The van der Waals surface area contributed by atoms with Gasteiger partial charge in [-0.3, -0.25) is 4.79 Å². The number of benzene rings is 1. The van der Waals surface area contributed by atoms with E-state index >= 15 is 0 Å². The van der Waals surface area contributed by atoms with Crippen molar-refractivity contribution in [3.8, 4) is 0 Å². The molecule has 4 nitrogen and oxygen atoms in total. The minimum absolute atomic E-state index is 0.0533. The Hall–Kier alpha value is -1.04. The molecule has 0 bridgehead atoms. The van der Waals surface area contributed by atoms with E-state index in [0.29, 0.717) is 16.6 Å². The first-order valence-corrected chi connectivity index (χ1v) is 8.44. The van der Waals surface area contributed by atoms with Gasteiger partial charge in [0.15, 0.2) is 0 Å². The highest BCUT2D eigenvalue weighted by molar-refractivity contribution is 6.64. The average molecular weight is 336 g/mol. The lowest BCUT2D eigenvalue weighted by Gasteiger charge is -2.32. The number of carbonyl (C=O) groups is 1. The zero-order valence-corrected chi connectivity index (χ0v) is 15.0. The molecule has 1 saturated carbocycles. The molecular formula is C17H23BClNO3. The summed E-state index contributed by atoms with van der Waals surface area (Å²) >= 11 is 6.15. The summed E-state index contributed by atoms with van der Waals surface area (Å²) in [6.45, 7) is 10.1. The van der Waals surface area contributed by atoms with Crippen molar-refractivity contribution in [3.05, 3.63) is 23.2 Å². The van der Waals surface area contributed by atoms with Gasteiger partial charge in [0.25, 0.3) is 0 Å². The minimum atomic E-state index is -0.550. The highest BCUT2D eigenvalue weighted by Crippen LogP contribution is 2.39. The van der Waals surface area contributed by atoms with E-state index in [4.69, 9.17) is 20.9 Å². The molecule has 1 saturated heterocycles. The van der Waals surface area contributed by atoms with Crippen molar-refractivity contribution in [1.82, 2.24) is 0 Å². The van der Waals surface area contributed by atoms with Crippen LogP contribution in [0.3, 0.4) is 0 Å². The van der Waals surface area contributed by atoms with E-state index in [1.165, 1.54) is 0 Å². The Bertz CT molecular complexity index is 631. The summed E-state index contributed by atoms with van der Waals surface area (Å²) in [7, 11) is -0.550. The van der Waals surface area contributed by atoms with Crippen LogP contribution < -0.4 is 10.8 Å². The van der Waals surface area contributed by atoms with Crippen LogP contribution in [0.5, 0.6) is 0 Å². The molecule has 3 rings (SSSR count). The van der Waals surface area contributed by atoms with Gasteiger partial charge in [0.1, 0.15) is 0 Å². The van der Waals surface area contributed by atoms with Gasteiger partial charge < -0.3 is 14.6 Å². The molecule has 1 aliphatic heterocycles. The Labute approximate surface area is 143 Å². The molecule has 1 heterocycles. The van der Waals surface area contributed by atoms with E-state index in [1.54, 1.807) is 12.1 Å². The fourth-order valence-electron chi connectivity index (χ4n) is 2.73. The Morgan fingerprint density at radius 1 is 1.26 bits per heavy atom. The lowest BCUT2D eigenvalue weighted by molar-refractivity contribution is -0.117. The molecule has 0 spiro atoms. The molecule has 2 fully saturated rings. The Morgan fingerprint density at radius 2 is 1.83 bits per heavy atom. The zero-order chi connectivity index (χ0) is 17.0. The van der Waals surface area contributed by atoms with Gasteiger partial charge in [0.2, 0.25) is 5.91 Å². The van der Waals surface area contributed by atoms with E-state index in [-0.39, 0.29) is 11.8 Å². The summed E-state index contributed by atoms with van der Waals surface area (Å²) < 4.78 is 12.2. The third-order valence-corrected chi connectivity index (χ3v) is 5.46. The lowest BCUT2D eigenvalue weighted by Crippen LogP contribution is -2.41. The maximum Gasteiger partial charge on any atom is 0.497 e. The molecule has 0 aromatic heterocycles. The molecule has 0 radical (unpaired) electrons. The maximum absolute atomic E-state index is 12.3. The topological polar surface area (TPSA) is 47.6 Å². The fraction of sp³-hybridized carbons (Fsp3) is 0.588. The third kappa shape index (κ3) is 3.15. The number of hydrogen-bond acceptors (Lipinski definition) is 3. The predicted octanol–water partition coefficient (Wildman–Crippen LogP) is 3.23. The summed E-state index contributed by atoms with van der Waals surface area (Å²) in [4.78, 5) is 12.3. The summed E-state index contributed by atoms with van der Waals surface area (Å²) in [5.74, 6) is 0.622. The SMILES string of the molecule is CC1CC1C(=O)Nc1ccc(Cl)cc1B1OC(C)(C)C(C)(C)O1. The summed E-state index contributed by atoms with van der Waals surface area (Å²) in [6, 6.07) is 5.38. The van der Waals surface area contributed by atoms with Gasteiger partial charge >= 0.3 is 7.12 Å². The van der Waals surface area contributed by atoms with Gasteiger partial charge in [-0.2, -0.15) is 0 Å². The Balaban J connectivity index is 1.87. The van der Waals surface area contributed by atoms with Crippen LogP contribution in [0.1, 0.15) is 41.0 Å². The largest absolute Gasteiger partial charge is 0.497 e. The van der Waals surface area contributed by atoms with Gasteiger partial charge in [0, 0.05) is 22.1 Å². The predicted molar refractivity (Wildman–Crippen MR) is 93.1 cm³/mol. The van der Waals surface area contributed by atoms with Crippen LogP contribution in [0.4, 0.5) is 5.69 Å². The van der Waals surface area contributed by atoms with Crippen LogP contribution in [0.15, 0.2) is 18.2 Å². The van der Waals surface area contributed by atoms with Crippen LogP contribution in [-0.4, -0.2) is 24.2 Å². The van der Waals surface area contributed by atoms with Gasteiger partial charge in [-0.25, -0.2) is 0 Å². The van der Waals surface area contributed by atoms with E-state index in [2.05, 4.69) is 12.2 Å². The number of hydrogen-bond donors (Lipinski definition) is 1. The molecule has 2 aliphatic rings. The molecule has 2 atom stereocenters. The molecule has 23 heavy (non-hydrogen) atoms. The first kappa shape index (κ1) is 16.8. The highest BCUT2D eigenvalue weighted by Gasteiger charge is 2.52. The van der Waals surface area contributed by atoms with Gasteiger partial charge in [-0.05, 0) is 58.2 Å². The van der Waals surface area contributed by atoms with Crippen LogP contribution in [0.2, 0.25) is 5.02 Å². The molecule has 124 valence electrons. The van der Waals surface area contributed by atoms with Crippen molar-refractivity contribution in [2.45, 2.75) is 52.2 Å². The quantitative estimate of drug-likeness (QED) is 0.863. The third-order valence-electron chi connectivity index (χ3n) is 5.22. The second-order valence-electron chi connectivity index (χ2n) is 7.63. The number of rotatable bonds is 3. The number of nitrogens with one attached hydrogen (secondary N) is 1. The van der Waals surface area contributed by atoms with Crippen molar-refractivity contribution in [3.63, 3.8) is 0 Å². The molecule has 1 aromatic carbocycles. The molecule has 1 aromatic rings. The number of halogens is 1. The van der Waals surface area contributed by atoms with Crippen molar-refractivity contribution in [2.75, 3.05) is 5.32 Å². The first-order chi connectivity index (χ1) is 10.6. The van der Waals surface area contributed by atoms with E-state index in [1.807, 2.05) is 33.8 Å².